The minimum atomic E-state index is -3.71. The van der Waals surface area contributed by atoms with Crippen LogP contribution in [0.1, 0.15) is 0 Å². The lowest BCUT2D eigenvalue weighted by Crippen LogP contribution is -2.23. The molecule has 0 unspecified atom stereocenters. The van der Waals surface area contributed by atoms with Crippen LogP contribution in [0.3, 0.4) is 0 Å². The highest BCUT2D eigenvalue weighted by Gasteiger charge is 2.17. The molecule has 0 radical (unpaired) electrons. The molecule has 30 heavy (non-hydrogen) atoms. The zero-order valence-corrected chi connectivity index (χ0v) is 19.1. The van der Waals surface area contributed by atoms with Crippen molar-refractivity contribution in [2.24, 2.45) is 0 Å². The number of rotatable bonds is 11. The van der Waals surface area contributed by atoms with Gasteiger partial charge in [-0.2, -0.15) is 0 Å². The largest absolute Gasteiger partial charge is 0.398 e. The first-order chi connectivity index (χ1) is 14.1. The predicted molar refractivity (Wildman–Crippen MR) is 124 cm³/mol. The second-order valence-electron chi connectivity index (χ2n) is 5.85. The molecule has 0 aliphatic carbocycles. The molecule has 0 spiro atoms. The van der Waals surface area contributed by atoms with Crippen molar-refractivity contribution in [3.8, 4) is 0 Å². The minimum absolute atomic E-state index is 0.0552. The normalized spacial score (nSPS) is 11.9. The van der Waals surface area contributed by atoms with Gasteiger partial charge in [0.25, 0.3) is 0 Å². The molecular formula is C18H22N4O4S4. The van der Waals surface area contributed by atoms with Crippen LogP contribution in [0.5, 0.6) is 0 Å². The highest BCUT2D eigenvalue weighted by Crippen LogP contribution is 2.43. The average Bonchev–Trinajstić information content (AvgIpc) is 2.71. The Bertz CT molecular complexity index is 1060. The summed E-state index contributed by atoms with van der Waals surface area (Å²) in [4.78, 5) is 1.11. The van der Waals surface area contributed by atoms with Gasteiger partial charge in [0.15, 0.2) is 0 Å². The molecule has 0 fully saturated rings. The molecule has 0 saturated carbocycles. The Morgan fingerprint density at radius 2 is 1.13 bits per heavy atom. The fourth-order valence-corrected chi connectivity index (χ4v) is 6.56. The van der Waals surface area contributed by atoms with E-state index in [1.165, 1.54) is 70.1 Å². The van der Waals surface area contributed by atoms with Crippen molar-refractivity contribution in [1.29, 1.82) is 0 Å². The van der Waals surface area contributed by atoms with E-state index in [0.717, 1.165) is 0 Å². The van der Waals surface area contributed by atoms with Gasteiger partial charge in [-0.25, -0.2) is 26.3 Å². The molecule has 0 saturated heterocycles. The Kier molecular flexibility index (Phi) is 8.41. The molecule has 12 heteroatoms. The summed E-state index contributed by atoms with van der Waals surface area (Å²) < 4.78 is 54.0. The summed E-state index contributed by atoms with van der Waals surface area (Å²) in [7, 11) is -5.07. The van der Waals surface area contributed by atoms with Crippen molar-refractivity contribution in [2.45, 2.75) is 19.6 Å². The fraction of sp³-hybridized carbons (Fsp3) is 0.111. The van der Waals surface area contributed by atoms with Crippen LogP contribution in [0, 0.1) is 0 Å². The Labute approximate surface area is 184 Å². The van der Waals surface area contributed by atoms with Gasteiger partial charge >= 0.3 is 0 Å². The predicted octanol–water partition coefficient (Wildman–Crippen LogP) is 2.58. The fourth-order valence-electron chi connectivity index (χ4n) is 2.10. The van der Waals surface area contributed by atoms with Crippen LogP contribution < -0.4 is 20.9 Å². The summed E-state index contributed by atoms with van der Waals surface area (Å²) in [5.74, 6) is 0. The van der Waals surface area contributed by atoms with Crippen LogP contribution in [-0.2, 0) is 20.0 Å². The maximum Gasteiger partial charge on any atom is 0.240 e. The molecule has 162 valence electrons. The SMILES string of the molecule is C=CCNS(=O)(=O)c1ccc(N)c(SSc2cc(S(=O)(=O)NCC=C)ccc2N)c1. The number of hydrogen-bond acceptors (Lipinski definition) is 8. The van der Waals surface area contributed by atoms with Gasteiger partial charge in [0.2, 0.25) is 20.0 Å². The standard InChI is InChI=1S/C18H22N4O4S4/c1-3-9-21-29(23,24)13-5-7-15(19)17(11-13)27-28-18-12-14(6-8-16(18)20)30(25,26)22-10-4-2/h3-8,11-12,21-22H,1-2,9-10,19-20H2. The molecule has 0 aliphatic rings. The number of nitrogens with two attached hydrogens (primary N) is 2. The van der Waals surface area contributed by atoms with Crippen LogP contribution in [-0.4, -0.2) is 29.9 Å². The van der Waals surface area contributed by atoms with Gasteiger partial charge in [-0.1, -0.05) is 33.7 Å². The van der Waals surface area contributed by atoms with Gasteiger partial charge in [-0.15, -0.1) is 13.2 Å². The molecule has 2 aromatic rings. The Morgan fingerprint density at radius 3 is 1.47 bits per heavy atom. The third-order valence-corrected chi connectivity index (χ3v) is 8.97. The molecule has 0 amide bonds. The van der Waals surface area contributed by atoms with E-state index in [0.29, 0.717) is 21.2 Å². The number of sulfonamides is 2. The van der Waals surface area contributed by atoms with Crippen molar-refractivity contribution in [2.75, 3.05) is 24.6 Å². The first-order valence-electron chi connectivity index (χ1n) is 8.45. The highest BCUT2D eigenvalue weighted by molar-refractivity contribution is 8.76. The van der Waals surface area contributed by atoms with Gasteiger partial charge < -0.3 is 11.5 Å². The Morgan fingerprint density at radius 1 is 0.767 bits per heavy atom. The first-order valence-corrected chi connectivity index (χ1v) is 13.6. The lowest BCUT2D eigenvalue weighted by molar-refractivity contribution is 0.583. The van der Waals surface area contributed by atoms with Crippen molar-refractivity contribution >= 4 is 53.0 Å². The van der Waals surface area contributed by atoms with Gasteiger partial charge in [-0.3, -0.25) is 0 Å². The van der Waals surface area contributed by atoms with Crippen molar-refractivity contribution in [3.63, 3.8) is 0 Å². The minimum Gasteiger partial charge on any atom is -0.398 e. The summed E-state index contributed by atoms with van der Waals surface area (Å²) in [6.07, 6.45) is 2.88. The van der Waals surface area contributed by atoms with Gasteiger partial charge in [0.05, 0.1) is 9.79 Å². The lowest BCUT2D eigenvalue weighted by Gasteiger charge is -2.11. The average molecular weight is 487 g/mol. The smallest absolute Gasteiger partial charge is 0.240 e. The van der Waals surface area contributed by atoms with E-state index in [1.807, 2.05) is 0 Å². The highest BCUT2D eigenvalue weighted by atomic mass is 33.1. The second kappa shape index (κ2) is 10.4. The van der Waals surface area contributed by atoms with E-state index in [4.69, 9.17) is 11.5 Å². The number of benzene rings is 2. The van der Waals surface area contributed by atoms with Crippen LogP contribution in [0.4, 0.5) is 11.4 Å². The third kappa shape index (κ3) is 6.27. The van der Waals surface area contributed by atoms with Crippen LogP contribution in [0.2, 0.25) is 0 Å². The summed E-state index contributed by atoms with van der Waals surface area (Å²) in [5, 5.41) is 0. The second-order valence-corrected chi connectivity index (χ2v) is 11.6. The number of hydrogen-bond donors (Lipinski definition) is 4. The number of nitrogen functional groups attached to an aromatic ring is 2. The van der Waals surface area contributed by atoms with Gasteiger partial charge in [0.1, 0.15) is 0 Å². The third-order valence-electron chi connectivity index (χ3n) is 3.65. The number of nitrogens with one attached hydrogen (secondary N) is 2. The van der Waals surface area contributed by atoms with Crippen molar-refractivity contribution in [1.82, 2.24) is 9.44 Å². The van der Waals surface area contributed by atoms with Crippen molar-refractivity contribution in [3.05, 3.63) is 61.7 Å². The topological polar surface area (TPSA) is 144 Å². The van der Waals surface area contributed by atoms with E-state index in [-0.39, 0.29) is 22.9 Å². The summed E-state index contributed by atoms with van der Waals surface area (Å²) in [6.45, 7) is 7.16. The molecular weight excluding hydrogens is 464 g/mol. The van der Waals surface area contributed by atoms with Crippen molar-refractivity contribution < 1.29 is 16.8 Å². The summed E-state index contributed by atoms with van der Waals surface area (Å²) >= 11 is 0. The molecule has 2 aromatic carbocycles. The van der Waals surface area contributed by atoms with Crippen LogP contribution >= 0.6 is 21.6 Å². The Balaban J connectivity index is 2.27. The number of anilines is 2. The van der Waals surface area contributed by atoms with E-state index in [1.54, 1.807) is 0 Å². The summed E-state index contributed by atoms with van der Waals surface area (Å²) in [6, 6.07) is 8.69. The maximum atomic E-state index is 12.3. The molecule has 2 rings (SSSR count). The molecule has 0 bridgehead atoms. The lowest BCUT2D eigenvalue weighted by atomic mass is 10.3. The van der Waals surface area contributed by atoms with Gasteiger partial charge in [-0.05, 0) is 36.4 Å². The quantitative estimate of drug-likeness (QED) is 0.215. The molecule has 8 nitrogen and oxygen atoms in total. The van der Waals surface area contributed by atoms with E-state index in [2.05, 4.69) is 22.6 Å². The van der Waals surface area contributed by atoms with E-state index in [9.17, 15) is 16.8 Å². The molecule has 0 heterocycles. The zero-order chi connectivity index (χ0) is 22.4. The van der Waals surface area contributed by atoms with Gasteiger partial charge in [0, 0.05) is 34.3 Å². The molecule has 0 atom stereocenters. The van der Waals surface area contributed by atoms with Crippen LogP contribution in [0.25, 0.3) is 0 Å². The maximum absolute atomic E-state index is 12.3. The summed E-state index contributed by atoms with van der Waals surface area (Å²) in [5.41, 5.74) is 12.7. The first kappa shape index (κ1) is 24.3. The zero-order valence-electron chi connectivity index (χ0n) is 15.9. The molecule has 0 aromatic heterocycles. The molecule has 6 N–H and O–H groups in total. The molecule has 0 aliphatic heterocycles. The van der Waals surface area contributed by atoms with E-state index < -0.39 is 20.0 Å². The Hall–Kier alpha value is -1.96. The van der Waals surface area contributed by atoms with E-state index >= 15 is 0 Å². The monoisotopic (exact) mass is 486 g/mol. The van der Waals surface area contributed by atoms with Crippen LogP contribution in [0.15, 0.2) is 81.3 Å².